The second-order valence-corrected chi connectivity index (χ2v) is 32.5. The molecule has 0 aliphatic carbocycles. The molecule has 5 aliphatic heterocycles. The minimum absolute atomic E-state index is 0.0218. The summed E-state index contributed by atoms with van der Waals surface area (Å²) in [5.41, 5.74) is 4.29. The average molecular weight is 1230 g/mol. The minimum Gasteiger partial charge on any atom is -0.376 e. The number of likely N-dealkylation sites (tertiary alicyclic amines) is 1. The molecule has 0 N–H and O–H groups in total. The molecule has 5 fully saturated rings. The van der Waals surface area contributed by atoms with E-state index in [0.29, 0.717) is 5.54 Å². The van der Waals surface area contributed by atoms with Crippen molar-refractivity contribution < 1.29 is 18.9 Å². The fourth-order valence-corrected chi connectivity index (χ4v) is 11.4. The van der Waals surface area contributed by atoms with Crippen LogP contribution in [0.1, 0.15) is 188 Å². The van der Waals surface area contributed by atoms with Crippen molar-refractivity contribution in [3.63, 3.8) is 0 Å². The van der Waals surface area contributed by atoms with Crippen molar-refractivity contribution in [1.82, 2.24) is 59.1 Å². The molecular formula is C70H130N14O4. The first kappa shape index (κ1) is 75.3. The topological polar surface area (TPSA) is 132 Å². The molecule has 3 aromatic rings. The van der Waals surface area contributed by atoms with E-state index in [1.54, 1.807) is 0 Å². The first-order valence-corrected chi connectivity index (χ1v) is 33.9. The number of anilines is 2. The maximum atomic E-state index is 6.26. The summed E-state index contributed by atoms with van der Waals surface area (Å²) >= 11 is 0. The van der Waals surface area contributed by atoms with Crippen molar-refractivity contribution in [1.29, 1.82) is 0 Å². The number of morpholine rings is 1. The fraction of sp³-hybridized carbons (Fsp3) is 0.843. The van der Waals surface area contributed by atoms with Gasteiger partial charge in [-0.25, -0.2) is 15.0 Å². The largest absolute Gasteiger partial charge is 0.376 e. The lowest BCUT2D eigenvalue weighted by Gasteiger charge is -2.50. The Morgan fingerprint density at radius 1 is 0.443 bits per heavy atom. The predicted octanol–water partition coefficient (Wildman–Crippen LogP) is 10.6. The van der Waals surface area contributed by atoms with Gasteiger partial charge in [0.2, 0.25) is 5.95 Å². The summed E-state index contributed by atoms with van der Waals surface area (Å²) < 4.78 is 25.8. The van der Waals surface area contributed by atoms with Gasteiger partial charge in [0.25, 0.3) is 0 Å². The molecule has 18 nitrogen and oxygen atoms in total. The number of hydrogen-bond acceptors (Lipinski definition) is 17. The zero-order chi connectivity index (χ0) is 65.2. The number of ether oxygens (including phenoxy) is 4. The van der Waals surface area contributed by atoms with Crippen LogP contribution in [-0.4, -0.2) is 250 Å². The third-order valence-corrected chi connectivity index (χ3v) is 17.2. The second-order valence-electron chi connectivity index (χ2n) is 32.5. The third-order valence-electron chi connectivity index (χ3n) is 17.2. The molecule has 1 spiro atoms. The van der Waals surface area contributed by atoms with E-state index in [1.165, 1.54) is 57.5 Å². The molecule has 0 bridgehead atoms. The fourth-order valence-electron chi connectivity index (χ4n) is 11.4. The van der Waals surface area contributed by atoms with E-state index in [-0.39, 0.29) is 38.8 Å². The number of hydrogen-bond donors (Lipinski definition) is 0. The molecule has 3 aromatic heterocycles. The second kappa shape index (κ2) is 33.4. The Hall–Kier alpha value is -3.43. The first-order valence-electron chi connectivity index (χ1n) is 33.9. The van der Waals surface area contributed by atoms with Crippen LogP contribution in [0, 0.1) is 6.92 Å². The summed E-state index contributed by atoms with van der Waals surface area (Å²) in [5, 5.41) is 4.50. The van der Waals surface area contributed by atoms with Gasteiger partial charge in [0.1, 0.15) is 5.82 Å². The number of aryl methyl sites for hydroxylation is 2. The molecule has 8 rings (SSSR count). The Balaban J connectivity index is 0.000000214. The lowest BCUT2D eigenvalue weighted by Crippen LogP contribution is -2.59. The van der Waals surface area contributed by atoms with Crippen molar-refractivity contribution >= 4 is 11.8 Å². The molecule has 18 heteroatoms. The molecule has 0 radical (unpaired) electrons. The molecule has 504 valence electrons. The third kappa shape index (κ3) is 28.2. The van der Waals surface area contributed by atoms with E-state index >= 15 is 0 Å². The lowest BCUT2D eigenvalue weighted by molar-refractivity contribution is -0.143. The van der Waals surface area contributed by atoms with E-state index in [4.69, 9.17) is 18.9 Å². The van der Waals surface area contributed by atoms with Crippen molar-refractivity contribution in [3.8, 4) is 0 Å². The lowest BCUT2D eigenvalue weighted by atomic mass is 9.87. The van der Waals surface area contributed by atoms with Gasteiger partial charge in [-0.3, -0.25) is 34.2 Å². The number of piperidine rings is 1. The van der Waals surface area contributed by atoms with Crippen molar-refractivity contribution in [3.05, 3.63) is 54.0 Å². The van der Waals surface area contributed by atoms with E-state index in [9.17, 15) is 0 Å². The van der Waals surface area contributed by atoms with Crippen LogP contribution in [0.4, 0.5) is 11.8 Å². The van der Waals surface area contributed by atoms with Crippen LogP contribution < -0.4 is 9.80 Å². The van der Waals surface area contributed by atoms with Gasteiger partial charge in [-0.2, -0.15) is 5.10 Å². The Labute approximate surface area is 537 Å². The van der Waals surface area contributed by atoms with E-state index in [2.05, 4.69) is 221 Å². The molecule has 88 heavy (non-hydrogen) atoms. The monoisotopic (exact) mass is 1230 g/mol. The highest BCUT2D eigenvalue weighted by atomic mass is 16.5. The SMILES string of the molecule is CC(C)(C)OCCCN1CCOC2(CCN(C(C)(C)C)CC2)C1.CC(C)(C)OCCN1CCN(c2cnc(C(C)(C)C)cn2)CC1.CC(C)(C)c1cnn(CCCN2CCN(C(C)(C)C)CC2)c1.Cc1cnc(N2CCN(CCOC(C)(C)C)CC2)nc1. The summed E-state index contributed by atoms with van der Waals surface area (Å²) in [6.45, 7) is 74.2. The van der Waals surface area contributed by atoms with Crippen molar-refractivity contribution in [2.45, 2.75) is 229 Å². The summed E-state index contributed by atoms with van der Waals surface area (Å²) in [6, 6.07) is 0. The molecule has 0 saturated carbocycles. The zero-order valence-electron chi connectivity index (χ0n) is 60.4. The quantitative estimate of drug-likeness (QED) is 0.126. The van der Waals surface area contributed by atoms with Crippen LogP contribution in [0.2, 0.25) is 0 Å². The normalized spacial score (nSPS) is 19.6. The van der Waals surface area contributed by atoms with E-state index < -0.39 is 0 Å². The standard InChI is InChI=1S/C19H38N2O2.C18H32N4O.C18H34N4.C15H26N4O/c1-17(2,3)21-11-8-19(9-12-21)16-20(13-15-23-19)10-7-14-22-18(4,5)6;1-17(2,3)15-13-20-16(14-19-15)22-9-7-21(8-10-22)11-12-23-18(4,5)6;1-17(2,3)16-14-19-22(15-16)9-7-8-20-10-12-21(13-11-20)18(4,5)6;1-13-11-16-14(17-12-13)19-7-5-18(6-8-19)9-10-20-15(2,3)4/h7-16H2,1-6H3;13-14H,7-12H2,1-6H3;14-15H,7-13H2,1-6H3;11-12H,5-10H2,1-4H3. The van der Waals surface area contributed by atoms with Crippen LogP contribution in [-0.2, 0) is 36.3 Å². The van der Waals surface area contributed by atoms with Gasteiger partial charge in [-0.15, -0.1) is 0 Å². The van der Waals surface area contributed by atoms with Crippen LogP contribution in [0.15, 0.2) is 37.2 Å². The van der Waals surface area contributed by atoms with E-state index in [0.717, 1.165) is 161 Å². The molecule has 0 atom stereocenters. The van der Waals surface area contributed by atoms with Gasteiger partial charge in [-0.1, -0.05) is 41.5 Å². The first-order chi connectivity index (χ1) is 40.8. The molecule has 0 unspecified atom stereocenters. The average Bonchev–Trinajstić information content (AvgIpc) is 2.22. The molecule has 5 aliphatic rings. The van der Waals surface area contributed by atoms with Gasteiger partial charge in [0.05, 0.1) is 66.5 Å². The van der Waals surface area contributed by atoms with Gasteiger partial charge in [0.15, 0.2) is 0 Å². The van der Waals surface area contributed by atoms with Crippen molar-refractivity contribution in [2.24, 2.45) is 0 Å². The molecule has 8 heterocycles. The molecule has 5 saturated heterocycles. The van der Waals surface area contributed by atoms with Crippen molar-refractivity contribution in [2.75, 3.05) is 167 Å². The van der Waals surface area contributed by atoms with Gasteiger partial charge >= 0.3 is 0 Å². The summed E-state index contributed by atoms with van der Waals surface area (Å²) in [7, 11) is 0. The Bertz CT molecular complexity index is 2370. The number of aromatic nitrogens is 6. The van der Waals surface area contributed by atoms with Gasteiger partial charge in [-0.05, 0) is 160 Å². The molecule has 0 aromatic carbocycles. The van der Waals surface area contributed by atoms with E-state index in [1.807, 2.05) is 37.9 Å². The summed E-state index contributed by atoms with van der Waals surface area (Å²) in [4.78, 5) is 37.8. The Kier molecular flexibility index (Phi) is 28.6. The molecule has 0 amide bonds. The Morgan fingerprint density at radius 3 is 1.39 bits per heavy atom. The maximum absolute atomic E-state index is 6.26. The van der Waals surface area contributed by atoms with Crippen LogP contribution in [0.5, 0.6) is 0 Å². The van der Waals surface area contributed by atoms with Crippen LogP contribution in [0.3, 0.4) is 0 Å². The predicted molar refractivity (Wildman–Crippen MR) is 366 cm³/mol. The zero-order valence-corrected chi connectivity index (χ0v) is 60.4. The number of nitrogens with zero attached hydrogens (tertiary/aromatic N) is 14. The summed E-state index contributed by atoms with van der Waals surface area (Å²) in [5.74, 6) is 1.84. The number of rotatable bonds is 16. The minimum atomic E-state index is -0.0494. The van der Waals surface area contributed by atoms with Gasteiger partial charge < -0.3 is 33.6 Å². The highest BCUT2D eigenvalue weighted by Gasteiger charge is 2.41. The van der Waals surface area contributed by atoms with Gasteiger partial charge in [0, 0.05) is 173 Å². The smallest absolute Gasteiger partial charge is 0.225 e. The van der Waals surface area contributed by atoms with Crippen LogP contribution in [0.25, 0.3) is 0 Å². The highest BCUT2D eigenvalue weighted by molar-refractivity contribution is 5.37. The summed E-state index contributed by atoms with van der Waals surface area (Å²) in [6.07, 6.45) is 16.4. The maximum Gasteiger partial charge on any atom is 0.225 e. The Morgan fingerprint density at radius 2 is 0.920 bits per heavy atom. The number of piperazine rings is 3. The van der Waals surface area contributed by atoms with Crippen LogP contribution >= 0.6 is 0 Å². The highest BCUT2D eigenvalue weighted by Crippen LogP contribution is 2.33. The molecular weight excluding hydrogens is 1100 g/mol.